The smallest absolute Gasteiger partial charge is 0.489 e. The van der Waals surface area contributed by atoms with Crippen LogP contribution < -0.4 is 10.2 Å². The third-order valence-electron chi connectivity index (χ3n) is 1.79. The molecule has 0 aliphatic heterocycles. The van der Waals surface area contributed by atoms with E-state index in [0.717, 1.165) is 0 Å². The summed E-state index contributed by atoms with van der Waals surface area (Å²) in [5.41, 5.74) is 0.392. The van der Waals surface area contributed by atoms with E-state index in [4.69, 9.17) is 26.4 Å². The van der Waals surface area contributed by atoms with Gasteiger partial charge in [-0.1, -0.05) is 17.7 Å². The van der Waals surface area contributed by atoms with Crippen LogP contribution in [0.1, 0.15) is 0 Å². The molecule has 6 heteroatoms. The minimum Gasteiger partial charge on any atom is -0.495 e. The zero-order valence-corrected chi connectivity index (χ0v) is 9.39. The molecule has 0 bridgehead atoms. The molecule has 0 heterocycles. The maximum Gasteiger partial charge on any atom is 0.489 e. The fourth-order valence-corrected chi connectivity index (χ4v) is 2.29. The second-order valence-electron chi connectivity index (χ2n) is 2.58. The van der Waals surface area contributed by atoms with Crippen molar-refractivity contribution in [3.63, 3.8) is 0 Å². The molecule has 0 saturated carbocycles. The standard InChI is InChI=1S/C8H10BClO3S/c1-13-6-4-3-5(9(11)12)8(14-2)7(6)10/h3-4,11-12H,1-2H3. The van der Waals surface area contributed by atoms with E-state index in [-0.39, 0.29) is 0 Å². The summed E-state index contributed by atoms with van der Waals surface area (Å²) in [4.78, 5) is 0.626. The topological polar surface area (TPSA) is 49.7 Å². The number of halogens is 1. The summed E-state index contributed by atoms with van der Waals surface area (Å²) in [6.07, 6.45) is 1.81. The van der Waals surface area contributed by atoms with Crippen molar-refractivity contribution in [1.82, 2.24) is 0 Å². The van der Waals surface area contributed by atoms with Crippen molar-refractivity contribution in [3.05, 3.63) is 17.2 Å². The van der Waals surface area contributed by atoms with Crippen LogP contribution in [0.25, 0.3) is 0 Å². The Morgan fingerprint density at radius 3 is 2.50 bits per heavy atom. The molecule has 0 atom stereocenters. The summed E-state index contributed by atoms with van der Waals surface area (Å²) in [7, 11) is 0.00116. The Hall–Kier alpha value is -0.355. The minimum absolute atomic E-state index is 0.392. The molecule has 1 rings (SSSR count). The van der Waals surface area contributed by atoms with Gasteiger partial charge in [-0.05, 0) is 17.8 Å². The predicted molar refractivity (Wildman–Crippen MR) is 59.6 cm³/mol. The van der Waals surface area contributed by atoms with E-state index in [1.54, 1.807) is 12.1 Å². The van der Waals surface area contributed by atoms with E-state index < -0.39 is 7.12 Å². The number of benzene rings is 1. The molecule has 0 saturated heterocycles. The van der Waals surface area contributed by atoms with Gasteiger partial charge in [0.15, 0.2) is 0 Å². The highest BCUT2D eigenvalue weighted by molar-refractivity contribution is 7.99. The monoisotopic (exact) mass is 232 g/mol. The fraction of sp³-hybridized carbons (Fsp3) is 0.250. The molecular weight excluding hydrogens is 222 g/mol. The third-order valence-corrected chi connectivity index (χ3v) is 3.13. The number of hydrogen-bond donors (Lipinski definition) is 2. The van der Waals surface area contributed by atoms with Crippen molar-refractivity contribution in [2.24, 2.45) is 0 Å². The van der Waals surface area contributed by atoms with Crippen molar-refractivity contribution >= 4 is 35.9 Å². The second kappa shape index (κ2) is 4.93. The van der Waals surface area contributed by atoms with Gasteiger partial charge in [0, 0.05) is 4.90 Å². The lowest BCUT2D eigenvalue weighted by molar-refractivity contribution is 0.413. The van der Waals surface area contributed by atoms with Gasteiger partial charge in [0.05, 0.1) is 12.1 Å². The lowest BCUT2D eigenvalue weighted by atomic mass is 9.80. The van der Waals surface area contributed by atoms with Crippen LogP contribution in [-0.2, 0) is 0 Å². The van der Waals surface area contributed by atoms with Gasteiger partial charge in [0.2, 0.25) is 0 Å². The number of rotatable bonds is 3. The summed E-state index contributed by atoms with van der Waals surface area (Å²) >= 11 is 7.34. The summed E-state index contributed by atoms with van der Waals surface area (Å²) in [6, 6.07) is 3.19. The van der Waals surface area contributed by atoms with Crippen LogP contribution in [0.5, 0.6) is 5.75 Å². The van der Waals surface area contributed by atoms with Crippen molar-refractivity contribution in [2.45, 2.75) is 4.90 Å². The van der Waals surface area contributed by atoms with Gasteiger partial charge in [-0.25, -0.2) is 0 Å². The summed E-state index contributed by atoms with van der Waals surface area (Å²) < 4.78 is 5.01. The molecule has 0 aromatic heterocycles. The van der Waals surface area contributed by atoms with Crippen LogP contribution in [0.15, 0.2) is 17.0 Å². The third kappa shape index (κ3) is 2.17. The lowest BCUT2D eigenvalue weighted by Crippen LogP contribution is -2.31. The van der Waals surface area contributed by atoms with Gasteiger partial charge in [-0.15, -0.1) is 11.8 Å². The molecule has 1 aromatic rings. The van der Waals surface area contributed by atoms with Crippen LogP contribution in [0.4, 0.5) is 0 Å². The molecule has 0 aliphatic carbocycles. The molecule has 0 amide bonds. The van der Waals surface area contributed by atoms with Gasteiger partial charge in [0.25, 0.3) is 0 Å². The average molecular weight is 232 g/mol. The molecule has 0 radical (unpaired) electrons. The van der Waals surface area contributed by atoms with Crippen LogP contribution in [0.2, 0.25) is 5.02 Å². The summed E-state index contributed by atoms with van der Waals surface area (Å²) in [5.74, 6) is 0.528. The van der Waals surface area contributed by atoms with E-state index in [2.05, 4.69) is 0 Å². The van der Waals surface area contributed by atoms with Crippen LogP contribution >= 0.6 is 23.4 Å². The highest BCUT2D eigenvalue weighted by Crippen LogP contribution is 2.32. The van der Waals surface area contributed by atoms with E-state index in [1.807, 2.05) is 6.26 Å². The molecule has 14 heavy (non-hydrogen) atoms. The summed E-state index contributed by atoms with van der Waals surface area (Å²) in [5, 5.41) is 18.5. The minimum atomic E-state index is -1.51. The van der Waals surface area contributed by atoms with Gasteiger partial charge >= 0.3 is 7.12 Å². The Morgan fingerprint density at radius 1 is 1.43 bits per heavy atom. The number of methoxy groups -OCH3 is 1. The largest absolute Gasteiger partial charge is 0.495 e. The SMILES string of the molecule is COc1ccc(B(O)O)c(SC)c1Cl. The van der Waals surface area contributed by atoms with Crippen LogP contribution in [0, 0.1) is 0 Å². The maximum absolute atomic E-state index is 9.07. The number of thioether (sulfide) groups is 1. The van der Waals surface area contributed by atoms with E-state index >= 15 is 0 Å². The first-order valence-corrected chi connectivity index (χ1v) is 5.48. The number of hydrogen-bond acceptors (Lipinski definition) is 4. The van der Waals surface area contributed by atoms with E-state index in [9.17, 15) is 0 Å². The molecule has 0 fully saturated rings. The van der Waals surface area contributed by atoms with Crippen molar-refractivity contribution < 1.29 is 14.8 Å². The Kier molecular flexibility index (Phi) is 4.13. The van der Waals surface area contributed by atoms with Crippen molar-refractivity contribution in [3.8, 4) is 5.75 Å². The van der Waals surface area contributed by atoms with E-state index in [1.165, 1.54) is 18.9 Å². The molecule has 3 nitrogen and oxygen atoms in total. The Bertz CT molecular complexity index is 333. The van der Waals surface area contributed by atoms with Gasteiger partial charge in [-0.2, -0.15) is 0 Å². The first-order valence-electron chi connectivity index (χ1n) is 3.88. The summed E-state index contributed by atoms with van der Waals surface area (Å²) in [6.45, 7) is 0. The van der Waals surface area contributed by atoms with Gasteiger partial charge in [-0.3, -0.25) is 0 Å². The predicted octanol–water partition coefficient (Wildman–Crippen LogP) is 0.750. The zero-order valence-electron chi connectivity index (χ0n) is 7.82. The molecule has 1 aromatic carbocycles. The molecule has 2 N–H and O–H groups in total. The van der Waals surface area contributed by atoms with Gasteiger partial charge < -0.3 is 14.8 Å². The Balaban J connectivity index is 3.28. The van der Waals surface area contributed by atoms with Crippen molar-refractivity contribution in [1.29, 1.82) is 0 Å². The van der Waals surface area contributed by atoms with Crippen LogP contribution in [-0.4, -0.2) is 30.5 Å². The first-order chi connectivity index (χ1) is 6.61. The zero-order chi connectivity index (χ0) is 10.7. The van der Waals surface area contributed by atoms with Crippen molar-refractivity contribution in [2.75, 3.05) is 13.4 Å². The molecule has 0 spiro atoms. The van der Waals surface area contributed by atoms with Gasteiger partial charge in [0.1, 0.15) is 5.75 Å². The fourth-order valence-electron chi connectivity index (χ4n) is 1.12. The Labute approximate surface area is 92.2 Å². The highest BCUT2D eigenvalue weighted by atomic mass is 35.5. The normalized spacial score (nSPS) is 10.1. The lowest BCUT2D eigenvalue weighted by Gasteiger charge is -2.11. The molecular formula is C8H10BClO3S. The Morgan fingerprint density at radius 2 is 2.07 bits per heavy atom. The highest BCUT2D eigenvalue weighted by Gasteiger charge is 2.19. The quantitative estimate of drug-likeness (QED) is 0.596. The first kappa shape index (κ1) is 11.7. The number of ether oxygens (including phenoxy) is 1. The molecule has 76 valence electrons. The second-order valence-corrected chi connectivity index (χ2v) is 3.77. The van der Waals surface area contributed by atoms with Crippen LogP contribution in [0.3, 0.4) is 0 Å². The maximum atomic E-state index is 9.07. The van der Waals surface area contributed by atoms with E-state index in [0.29, 0.717) is 21.1 Å². The molecule has 0 aliphatic rings. The average Bonchev–Trinajstić information content (AvgIpc) is 2.17. The molecule has 0 unspecified atom stereocenters.